The van der Waals surface area contributed by atoms with Crippen molar-refractivity contribution < 1.29 is 14.3 Å². The second-order valence-corrected chi connectivity index (χ2v) is 7.91. The van der Waals surface area contributed by atoms with Gasteiger partial charge in [0.1, 0.15) is 12.6 Å². The molecule has 1 aliphatic heterocycles. The average Bonchev–Trinajstić information content (AvgIpc) is 3.51. The molecule has 0 N–H and O–H groups in total. The highest BCUT2D eigenvalue weighted by Crippen LogP contribution is 2.31. The van der Waals surface area contributed by atoms with Crippen molar-refractivity contribution >= 4 is 34.2 Å². The average molecular weight is 433 g/mol. The number of aromatic nitrogens is 1. The minimum Gasteiger partial charge on any atom is -0.445 e. The standard InChI is InChI=1S/C23H20N4O3S/c24-15-17-8-10-19(11-9-17)27(22-25-12-14-31-22)21(28)20-7-4-13-26(20)23(29)30-16-18-5-2-1-3-6-18/h1-3,5-6,8-12,14,20H,4,7,13,16H2. The first kappa shape index (κ1) is 20.6. The molecule has 0 bridgehead atoms. The Labute approximate surface area is 184 Å². The van der Waals surface area contributed by atoms with Crippen LogP contribution in [0.1, 0.15) is 24.0 Å². The fourth-order valence-corrected chi connectivity index (χ4v) is 4.20. The first-order chi connectivity index (χ1) is 15.2. The van der Waals surface area contributed by atoms with Crippen LogP contribution in [0.4, 0.5) is 15.6 Å². The van der Waals surface area contributed by atoms with Gasteiger partial charge in [0.15, 0.2) is 5.13 Å². The van der Waals surface area contributed by atoms with Gasteiger partial charge in [0, 0.05) is 18.1 Å². The van der Waals surface area contributed by atoms with Gasteiger partial charge in [-0.05, 0) is 42.7 Å². The minimum absolute atomic E-state index is 0.156. The number of likely N-dealkylation sites (tertiary alicyclic amines) is 1. The Kier molecular flexibility index (Phi) is 6.24. The topological polar surface area (TPSA) is 86.5 Å². The van der Waals surface area contributed by atoms with Crippen LogP contribution in [0.15, 0.2) is 66.2 Å². The van der Waals surface area contributed by atoms with Crippen molar-refractivity contribution in [2.24, 2.45) is 0 Å². The molecule has 2 heterocycles. The maximum Gasteiger partial charge on any atom is 0.410 e. The lowest BCUT2D eigenvalue weighted by Gasteiger charge is -2.28. The van der Waals surface area contributed by atoms with Crippen LogP contribution in [0.25, 0.3) is 0 Å². The number of carbonyl (C=O) groups is 2. The third-order valence-corrected chi connectivity index (χ3v) is 5.82. The van der Waals surface area contributed by atoms with Crippen LogP contribution in [0.3, 0.4) is 0 Å². The first-order valence-electron chi connectivity index (χ1n) is 9.88. The van der Waals surface area contributed by atoms with Crippen LogP contribution in [0.5, 0.6) is 0 Å². The highest BCUT2D eigenvalue weighted by Gasteiger charge is 2.39. The summed E-state index contributed by atoms with van der Waals surface area (Å²) in [5, 5.41) is 11.4. The number of ether oxygens (including phenoxy) is 1. The highest BCUT2D eigenvalue weighted by molar-refractivity contribution is 7.13. The number of benzene rings is 2. The normalized spacial score (nSPS) is 15.3. The van der Waals surface area contributed by atoms with Crippen molar-refractivity contribution in [1.82, 2.24) is 9.88 Å². The van der Waals surface area contributed by atoms with E-state index in [0.29, 0.717) is 29.3 Å². The van der Waals surface area contributed by atoms with Crippen molar-refractivity contribution in [3.63, 3.8) is 0 Å². The van der Waals surface area contributed by atoms with Gasteiger partial charge >= 0.3 is 6.09 Å². The predicted octanol–water partition coefficient (Wildman–Crippen LogP) is 4.48. The van der Waals surface area contributed by atoms with E-state index < -0.39 is 12.1 Å². The molecule has 1 saturated heterocycles. The number of carbonyl (C=O) groups excluding carboxylic acids is 2. The van der Waals surface area contributed by atoms with Crippen LogP contribution in [-0.4, -0.2) is 34.5 Å². The fourth-order valence-electron chi connectivity index (χ4n) is 3.54. The maximum absolute atomic E-state index is 13.6. The van der Waals surface area contributed by atoms with E-state index in [1.54, 1.807) is 35.8 Å². The van der Waals surface area contributed by atoms with Crippen molar-refractivity contribution in [3.05, 3.63) is 77.3 Å². The van der Waals surface area contributed by atoms with E-state index in [0.717, 1.165) is 12.0 Å². The number of nitriles is 1. The number of anilines is 2. The molecule has 3 aromatic rings. The number of hydrogen-bond acceptors (Lipinski definition) is 6. The van der Waals surface area contributed by atoms with Crippen molar-refractivity contribution in [2.75, 3.05) is 11.4 Å². The van der Waals surface area contributed by atoms with E-state index >= 15 is 0 Å². The van der Waals surface area contributed by atoms with E-state index in [4.69, 9.17) is 10.00 Å². The molecule has 8 heteroatoms. The summed E-state index contributed by atoms with van der Waals surface area (Å²) in [6.45, 7) is 0.617. The molecule has 1 aromatic heterocycles. The lowest BCUT2D eigenvalue weighted by Crippen LogP contribution is -2.46. The molecule has 156 valence electrons. The molecular formula is C23H20N4O3S. The van der Waals surface area contributed by atoms with Crippen molar-refractivity contribution in [1.29, 1.82) is 5.26 Å². The van der Waals surface area contributed by atoms with Crippen LogP contribution >= 0.6 is 11.3 Å². The van der Waals surface area contributed by atoms with E-state index in [1.165, 1.54) is 21.1 Å². The SMILES string of the molecule is N#Cc1ccc(N(C(=O)C2CCCN2C(=O)OCc2ccccc2)c2nccs2)cc1. The van der Waals surface area contributed by atoms with Gasteiger partial charge in [0.05, 0.1) is 17.3 Å². The number of nitrogens with zero attached hydrogens (tertiary/aromatic N) is 4. The Balaban J connectivity index is 1.54. The maximum atomic E-state index is 13.6. The summed E-state index contributed by atoms with van der Waals surface area (Å²) in [5.74, 6) is -0.242. The van der Waals surface area contributed by atoms with Gasteiger partial charge in [0.2, 0.25) is 0 Å². The van der Waals surface area contributed by atoms with Gasteiger partial charge in [-0.1, -0.05) is 30.3 Å². The molecule has 4 rings (SSSR count). The molecule has 1 aliphatic rings. The van der Waals surface area contributed by atoms with Crippen molar-refractivity contribution in [2.45, 2.75) is 25.5 Å². The van der Waals surface area contributed by atoms with Gasteiger partial charge in [-0.2, -0.15) is 5.26 Å². The summed E-state index contributed by atoms with van der Waals surface area (Å²) in [7, 11) is 0. The molecule has 0 spiro atoms. The molecule has 0 radical (unpaired) electrons. The van der Waals surface area contributed by atoms with Crippen LogP contribution in [0.2, 0.25) is 0 Å². The summed E-state index contributed by atoms with van der Waals surface area (Å²) in [5.41, 5.74) is 1.99. The molecule has 1 atom stereocenters. The molecule has 1 fully saturated rings. The molecule has 2 amide bonds. The lowest BCUT2D eigenvalue weighted by molar-refractivity contribution is -0.121. The first-order valence-corrected chi connectivity index (χ1v) is 10.8. The third kappa shape index (κ3) is 4.57. The fraction of sp³-hybridized carbons (Fsp3) is 0.217. The molecular weight excluding hydrogens is 412 g/mol. The van der Waals surface area contributed by atoms with E-state index in [2.05, 4.69) is 11.1 Å². The number of thiazole rings is 1. The second-order valence-electron chi connectivity index (χ2n) is 7.04. The third-order valence-electron chi connectivity index (χ3n) is 5.06. The summed E-state index contributed by atoms with van der Waals surface area (Å²) < 4.78 is 5.47. The molecule has 1 unspecified atom stereocenters. The Bertz CT molecular complexity index is 1080. The Hall–Kier alpha value is -3.70. The monoisotopic (exact) mass is 432 g/mol. The van der Waals surface area contributed by atoms with Crippen LogP contribution < -0.4 is 4.90 Å². The number of rotatable bonds is 5. The minimum atomic E-state index is -0.636. The van der Waals surface area contributed by atoms with Crippen molar-refractivity contribution in [3.8, 4) is 6.07 Å². The smallest absolute Gasteiger partial charge is 0.410 e. The predicted molar refractivity (Wildman–Crippen MR) is 117 cm³/mol. The lowest BCUT2D eigenvalue weighted by atomic mass is 10.1. The molecule has 0 saturated carbocycles. The van der Waals surface area contributed by atoms with Gasteiger partial charge in [-0.25, -0.2) is 9.78 Å². The van der Waals surface area contributed by atoms with E-state index in [1.807, 2.05) is 30.3 Å². The Morgan fingerprint density at radius 3 is 2.65 bits per heavy atom. The zero-order valence-electron chi connectivity index (χ0n) is 16.7. The number of amides is 2. The Morgan fingerprint density at radius 1 is 1.19 bits per heavy atom. The van der Waals surface area contributed by atoms with E-state index in [-0.39, 0.29) is 12.5 Å². The molecule has 2 aromatic carbocycles. The van der Waals surface area contributed by atoms with Gasteiger partial charge in [-0.15, -0.1) is 11.3 Å². The number of hydrogen-bond donors (Lipinski definition) is 0. The van der Waals surface area contributed by atoms with Gasteiger partial charge in [-0.3, -0.25) is 14.6 Å². The highest BCUT2D eigenvalue weighted by atomic mass is 32.1. The second kappa shape index (κ2) is 9.41. The van der Waals surface area contributed by atoms with Crippen LogP contribution in [-0.2, 0) is 16.1 Å². The molecule has 7 nitrogen and oxygen atoms in total. The summed E-state index contributed by atoms with van der Waals surface area (Å²) in [6, 6.07) is 17.6. The summed E-state index contributed by atoms with van der Waals surface area (Å²) in [6.07, 6.45) is 2.40. The zero-order chi connectivity index (χ0) is 21.6. The largest absolute Gasteiger partial charge is 0.445 e. The zero-order valence-corrected chi connectivity index (χ0v) is 17.5. The Morgan fingerprint density at radius 2 is 1.97 bits per heavy atom. The van der Waals surface area contributed by atoms with Crippen LogP contribution in [0, 0.1) is 11.3 Å². The van der Waals surface area contributed by atoms with Gasteiger partial charge in [0.25, 0.3) is 5.91 Å². The molecule has 0 aliphatic carbocycles. The quantitative estimate of drug-likeness (QED) is 0.593. The molecule has 31 heavy (non-hydrogen) atoms. The van der Waals surface area contributed by atoms with Gasteiger partial charge < -0.3 is 4.74 Å². The van der Waals surface area contributed by atoms with E-state index in [9.17, 15) is 9.59 Å². The summed E-state index contributed by atoms with van der Waals surface area (Å²) in [4.78, 5) is 33.6. The summed E-state index contributed by atoms with van der Waals surface area (Å²) >= 11 is 1.33.